The first-order valence-electron chi connectivity index (χ1n) is 9.84. The molecule has 0 aromatic heterocycles. The van der Waals surface area contributed by atoms with Gasteiger partial charge in [-0.15, -0.1) is 0 Å². The van der Waals surface area contributed by atoms with Crippen molar-refractivity contribution >= 4 is 16.0 Å². The summed E-state index contributed by atoms with van der Waals surface area (Å²) >= 11 is 0. The second kappa shape index (κ2) is 10.8. The van der Waals surface area contributed by atoms with Gasteiger partial charge in [-0.25, -0.2) is 8.42 Å². The van der Waals surface area contributed by atoms with Gasteiger partial charge < -0.3 is 14.4 Å². The van der Waals surface area contributed by atoms with Crippen LogP contribution in [0.1, 0.15) is 38.2 Å². The Labute approximate surface area is 168 Å². The zero-order valence-corrected chi connectivity index (χ0v) is 17.9. The van der Waals surface area contributed by atoms with E-state index in [1.807, 2.05) is 12.1 Å². The number of methoxy groups -OCH3 is 2. The number of unbranched alkanes of at least 4 members (excludes halogenated alkanes) is 3. The number of benzene rings is 1. The van der Waals surface area contributed by atoms with Crippen molar-refractivity contribution < 1.29 is 22.7 Å². The molecule has 1 unspecified atom stereocenters. The van der Waals surface area contributed by atoms with E-state index in [-0.39, 0.29) is 12.3 Å². The summed E-state index contributed by atoms with van der Waals surface area (Å²) in [6, 6.07) is 6.36. The van der Waals surface area contributed by atoms with Gasteiger partial charge in [-0.05, 0) is 30.7 Å². The molecule has 0 N–H and O–H groups in total. The first kappa shape index (κ1) is 22.6. The minimum absolute atomic E-state index is 0.00439. The SMILES string of the molecule is CCCCCCN1CCS(=O)(=O)N(Cc2ccc(OC)cc2)C(C(=O)OC)C1. The first-order valence-corrected chi connectivity index (χ1v) is 11.4. The topological polar surface area (TPSA) is 76.2 Å². The van der Waals surface area contributed by atoms with E-state index in [1.165, 1.54) is 11.4 Å². The second-order valence-corrected chi connectivity index (χ2v) is 9.15. The van der Waals surface area contributed by atoms with E-state index >= 15 is 0 Å². The number of hydrogen-bond donors (Lipinski definition) is 0. The Morgan fingerprint density at radius 2 is 1.86 bits per heavy atom. The maximum absolute atomic E-state index is 12.9. The van der Waals surface area contributed by atoms with Crippen molar-refractivity contribution in [2.45, 2.75) is 45.2 Å². The van der Waals surface area contributed by atoms with E-state index in [0.717, 1.165) is 37.8 Å². The van der Waals surface area contributed by atoms with E-state index in [4.69, 9.17) is 9.47 Å². The predicted molar refractivity (Wildman–Crippen MR) is 109 cm³/mol. The number of sulfonamides is 1. The minimum Gasteiger partial charge on any atom is -0.497 e. The summed E-state index contributed by atoms with van der Waals surface area (Å²) in [4.78, 5) is 14.5. The Bertz CT molecular complexity index is 721. The number of carbonyl (C=O) groups excluding carboxylic acids is 1. The van der Waals surface area contributed by atoms with Crippen molar-refractivity contribution in [2.24, 2.45) is 0 Å². The van der Waals surface area contributed by atoms with Gasteiger partial charge >= 0.3 is 5.97 Å². The van der Waals surface area contributed by atoms with Gasteiger partial charge in [0.2, 0.25) is 10.0 Å². The predicted octanol–water partition coefficient (Wildman–Crippen LogP) is 2.26. The summed E-state index contributed by atoms with van der Waals surface area (Å²) in [7, 11) is -0.704. The molecule has 0 amide bonds. The average molecular weight is 413 g/mol. The summed E-state index contributed by atoms with van der Waals surface area (Å²) in [5, 5.41) is 0. The van der Waals surface area contributed by atoms with Crippen LogP contribution in [0, 0.1) is 0 Å². The quantitative estimate of drug-likeness (QED) is 0.457. The van der Waals surface area contributed by atoms with Gasteiger partial charge in [0, 0.05) is 19.6 Å². The summed E-state index contributed by atoms with van der Waals surface area (Å²) in [5.74, 6) is 0.188. The molecule has 0 bridgehead atoms. The molecule has 1 aromatic rings. The lowest BCUT2D eigenvalue weighted by Gasteiger charge is -2.28. The van der Waals surface area contributed by atoms with Gasteiger partial charge in [-0.3, -0.25) is 4.79 Å². The van der Waals surface area contributed by atoms with Crippen LogP contribution in [-0.4, -0.2) is 69.2 Å². The third-order valence-electron chi connectivity index (χ3n) is 5.10. The fraction of sp³-hybridized carbons (Fsp3) is 0.650. The number of rotatable bonds is 9. The van der Waals surface area contributed by atoms with Crippen LogP contribution in [0.4, 0.5) is 0 Å². The molecule has 1 aliphatic heterocycles. The molecular weight excluding hydrogens is 380 g/mol. The molecule has 1 aliphatic rings. The monoisotopic (exact) mass is 412 g/mol. The lowest BCUT2D eigenvalue weighted by Crippen LogP contribution is -2.48. The van der Waals surface area contributed by atoms with Crippen LogP contribution in [0.25, 0.3) is 0 Å². The van der Waals surface area contributed by atoms with Crippen molar-refractivity contribution in [2.75, 3.05) is 39.6 Å². The summed E-state index contributed by atoms with van der Waals surface area (Å²) in [5.41, 5.74) is 0.801. The standard InChI is InChI=1S/C20H32N2O5S/c1-4-5-6-7-12-21-13-14-28(24,25)22(19(16-21)20(23)27-3)15-17-8-10-18(26-2)11-9-17/h8-11,19H,4-7,12-16H2,1-3H3. The molecule has 0 saturated carbocycles. The Morgan fingerprint density at radius 3 is 2.46 bits per heavy atom. The van der Waals surface area contributed by atoms with E-state index in [2.05, 4.69) is 11.8 Å². The first-order chi connectivity index (χ1) is 13.4. The number of esters is 1. The highest BCUT2D eigenvalue weighted by Gasteiger charge is 2.39. The Kier molecular flexibility index (Phi) is 8.72. The lowest BCUT2D eigenvalue weighted by molar-refractivity contribution is -0.145. The van der Waals surface area contributed by atoms with Gasteiger partial charge in [-0.2, -0.15) is 4.31 Å². The highest BCUT2D eigenvalue weighted by atomic mass is 32.2. The van der Waals surface area contributed by atoms with E-state index in [9.17, 15) is 13.2 Å². The van der Waals surface area contributed by atoms with Crippen LogP contribution >= 0.6 is 0 Å². The van der Waals surface area contributed by atoms with E-state index < -0.39 is 22.0 Å². The molecule has 1 heterocycles. The van der Waals surface area contributed by atoms with Crippen molar-refractivity contribution in [3.05, 3.63) is 29.8 Å². The zero-order chi connectivity index (χ0) is 20.6. The van der Waals surface area contributed by atoms with Gasteiger partial charge in [-0.1, -0.05) is 38.3 Å². The number of nitrogens with zero attached hydrogens (tertiary/aromatic N) is 2. The van der Waals surface area contributed by atoms with Crippen LogP contribution in [-0.2, 0) is 26.1 Å². The second-order valence-electron chi connectivity index (χ2n) is 7.11. The third-order valence-corrected chi connectivity index (χ3v) is 6.90. The molecule has 1 saturated heterocycles. The molecule has 1 atom stereocenters. The van der Waals surface area contributed by atoms with Gasteiger partial charge in [0.1, 0.15) is 11.8 Å². The van der Waals surface area contributed by atoms with Crippen LogP contribution in [0.3, 0.4) is 0 Å². The van der Waals surface area contributed by atoms with E-state index in [1.54, 1.807) is 19.2 Å². The van der Waals surface area contributed by atoms with Crippen LogP contribution in [0.2, 0.25) is 0 Å². The number of hydrogen-bond acceptors (Lipinski definition) is 6. The Morgan fingerprint density at radius 1 is 1.14 bits per heavy atom. The van der Waals surface area contributed by atoms with Crippen LogP contribution < -0.4 is 4.74 Å². The molecular formula is C20H32N2O5S. The highest BCUT2D eigenvalue weighted by Crippen LogP contribution is 2.21. The lowest BCUT2D eigenvalue weighted by atomic mass is 10.1. The summed E-state index contributed by atoms with van der Waals surface area (Å²) < 4.78 is 37.3. The molecule has 0 aliphatic carbocycles. The minimum atomic E-state index is -3.59. The molecule has 158 valence electrons. The van der Waals surface area contributed by atoms with Gasteiger partial charge in [0.15, 0.2) is 0 Å². The molecule has 2 rings (SSSR count). The maximum Gasteiger partial charge on any atom is 0.325 e. The number of carbonyl (C=O) groups is 1. The Hall–Kier alpha value is -1.64. The van der Waals surface area contributed by atoms with Gasteiger partial charge in [0.25, 0.3) is 0 Å². The average Bonchev–Trinajstić information content (AvgIpc) is 2.82. The smallest absolute Gasteiger partial charge is 0.325 e. The van der Waals surface area contributed by atoms with Crippen molar-refractivity contribution in [1.82, 2.24) is 9.21 Å². The van der Waals surface area contributed by atoms with Crippen molar-refractivity contribution in [3.8, 4) is 5.75 Å². The molecule has 28 heavy (non-hydrogen) atoms. The zero-order valence-electron chi connectivity index (χ0n) is 17.1. The van der Waals surface area contributed by atoms with E-state index in [0.29, 0.717) is 18.8 Å². The number of ether oxygens (including phenoxy) is 2. The molecule has 0 radical (unpaired) electrons. The van der Waals surface area contributed by atoms with Gasteiger partial charge in [0.05, 0.1) is 20.0 Å². The van der Waals surface area contributed by atoms with Crippen LogP contribution in [0.15, 0.2) is 24.3 Å². The molecule has 0 spiro atoms. The largest absolute Gasteiger partial charge is 0.497 e. The molecule has 7 nitrogen and oxygen atoms in total. The summed E-state index contributed by atoms with van der Waals surface area (Å²) in [6.07, 6.45) is 4.42. The van der Waals surface area contributed by atoms with Crippen molar-refractivity contribution in [3.63, 3.8) is 0 Å². The van der Waals surface area contributed by atoms with Crippen LogP contribution in [0.5, 0.6) is 5.75 Å². The van der Waals surface area contributed by atoms with Crippen molar-refractivity contribution in [1.29, 1.82) is 0 Å². The fourth-order valence-electron chi connectivity index (χ4n) is 3.40. The molecule has 1 fully saturated rings. The normalized spacial score (nSPS) is 20.5. The summed E-state index contributed by atoms with van der Waals surface area (Å²) in [6.45, 7) is 3.87. The third kappa shape index (κ3) is 6.18. The Balaban J connectivity index is 2.20. The maximum atomic E-state index is 12.9. The highest BCUT2D eigenvalue weighted by molar-refractivity contribution is 7.89. The fourth-order valence-corrected chi connectivity index (χ4v) is 5.01. The molecule has 8 heteroatoms. The molecule has 1 aromatic carbocycles.